The molecule has 1 aromatic carbocycles. The Morgan fingerprint density at radius 1 is 1.37 bits per heavy atom. The van der Waals surface area contributed by atoms with Crippen molar-refractivity contribution in [2.45, 2.75) is 49.1 Å². The highest BCUT2D eigenvalue weighted by molar-refractivity contribution is 7.90. The average molecular weight is 400 g/mol. The molecule has 1 atom stereocenters. The number of hydrogen-bond acceptors (Lipinski definition) is 5. The van der Waals surface area contributed by atoms with Crippen molar-refractivity contribution in [1.82, 2.24) is 14.5 Å². The zero-order valence-corrected chi connectivity index (χ0v) is 15.7. The third-order valence-corrected chi connectivity index (χ3v) is 6.47. The maximum absolute atomic E-state index is 13.2. The zero-order valence-electron chi connectivity index (χ0n) is 14.9. The number of nitrogens with zero attached hydrogens (tertiary/aromatic N) is 2. The molecule has 1 heterocycles. The molecule has 27 heavy (non-hydrogen) atoms. The van der Waals surface area contributed by atoms with Gasteiger partial charge in [-0.2, -0.15) is 13.5 Å². The van der Waals surface area contributed by atoms with Crippen LogP contribution in [0.2, 0.25) is 0 Å². The van der Waals surface area contributed by atoms with Crippen molar-refractivity contribution in [2.75, 3.05) is 0 Å². The Morgan fingerprint density at radius 3 is 2.67 bits per heavy atom. The fraction of sp³-hybridized carbons (Fsp3) is 0.529. The van der Waals surface area contributed by atoms with Crippen molar-refractivity contribution < 1.29 is 22.0 Å². The number of sulfonamides is 1. The molecule has 7 nitrogen and oxygen atoms in total. The number of alkyl halides is 2. The van der Waals surface area contributed by atoms with E-state index in [-0.39, 0.29) is 43.0 Å². The summed E-state index contributed by atoms with van der Waals surface area (Å²) < 4.78 is 55.0. The van der Waals surface area contributed by atoms with E-state index in [1.165, 1.54) is 11.7 Å². The summed E-state index contributed by atoms with van der Waals surface area (Å²) in [6.07, 6.45) is -0.315. The topological polar surface area (TPSA) is 107 Å². The quantitative estimate of drug-likeness (QED) is 0.797. The SMILES string of the molecule is Cn1nc2ccccc2c1S(=O)(=O)NC(=O)CC(N)C1CCC(F)(F)CC1. The fourth-order valence-corrected chi connectivity index (χ4v) is 4.88. The molecule has 1 fully saturated rings. The summed E-state index contributed by atoms with van der Waals surface area (Å²) in [6.45, 7) is 0. The normalized spacial score (nSPS) is 19.1. The van der Waals surface area contributed by atoms with E-state index in [1.807, 2.05) is 4.72 Å². The number of rotatable bonds is 5. The largest absolute Gasteiger partial charge is 0.327 e. The van der Waals surface area contributed by atoms with Gasteiger partial charge < -0.3 is 5.73 Å². The molecule has 1 aliphatic carbocycles. The molecule has 1 aliphatic rings. The first-order valence-corrected chi connectivity index (χ1v) is 10.2. The molecule has 1 unspecified atom stereocenters. The predicted molar refractivity (Wildman–Crippen MR) is 95.5 cm³/mol. The molecule has 0 saturated heterocycles. The number of carbonyl (C=O) groups excluding carboxylic acids is 1. The summed E-state index contributed by atoms with van der Waals surface area (Å²) in [5, 5.41) is 4.41. The second-order valence-electron chi connectivity index (χ2n) is 7.04. The van der Waals surface area contributed by atoms with Crippen molar-refractivity contribution in [2.24, 2.45) is 18.7 Å². The van der Waals surface area contributed by atoms with Crippen LogP contribution in [0.15, 0.2) is 29.3 Å². The van der Waals surface area contributed by atoms with Gasteiger partial charge in [-0.15, -0.1) is 0 Å². The minimum atomic E-state index is -4.14. The monoisotopic (exact) mass is 400 g/mol. The van der Waals surface area contributed by atoms with E-state index in [4.69, 9.17) is 5.73 Å². The van der Waals surface area contributed by atoms with Crippen LogP contribution >= 0.6 is 0 Å². The van der Waals surface area contributed by atoms with Crippen LogP contribution in [-0.4, -0.2) is 36.1 Å². The molecule has 0 bridgehead atoms. The average Bonchev–Trinajstić information content (AvgIpc) is 2.90. The highest BCUT2D eigenvalue weighted by atomic mass is 32.2. The number of benzene rings is 1. The van der Waals surface area contributed by atoms with Gasteiger partial charge in [0.05, 0.1) is 5.52 Å². The van der Waals surface area contributed by atoms with Gasteiger partial charge in [-0.05, 0) is 30.9 Å². The molecule has 0 aliphatic heterocycles. The molecule has 0 radical (unpaired) electrons. The van der Waals surface area contributed by atoms with Gasteiger partial charge in [0.1, 0.15) is 0 Å². The Kier molecular flexibility index (Phi) is 5.22. The predicted octanol–water partition coefficient (Wildman–Crippen LogP) is 1.92. The van der Waals surface area contributed by atoms with Crippen molar-refractivity contribution in [3.05, 3.63) is 24.3 Å². The number of aromatic nitrogens is 2. The molecular formula is C17H22F2N4O3S. The molecule has 10 heteroatoms. The van der Waals surface area contributed by atoms with Gasteiger partial charge in [0, 0.05) is 37.7 Å². The Bertz CT molecular complexity index is 948. The van der Waals surface area contributed by atoms with Gasteiger partial charge in [0.25, 0.3) is 10.0 Å². The highest BCUT2D eigenvalue weighted by Crippen LogP contribution is 2.37. The Hall–Kier alpha value is -2.07. The van der Waals surface area contributed by atoms with Crippen LogP contribution in [-0.2, 0) is 21.9 Å². The second kappa shape index (κ2) is 7.16. The van der Waals surface area contributed by atoms with Crippen LogP contribution in [0.5, 0.6) is 0 Å². The Balaban J connectivity index is 1.69. The standard InChI is InChI=1S/C17H22F2N4O3S/c1-23-16(12-4-2-3-5-14(12)21-23)27(25,26)22-15(24)10-13(20)11-6-8-17(18,19)9-7-11/h2-5,11,13H,6-10,20H2,1H3,(H,22,24). The van der Waals surface area contributed by atoms with Gasteiger partial charge >= 0.3 is 0 Å². The van der Waals surface area contributed by atoms with Crippen LogP contribution in [0, 0.1) is 5.92 Å². The summed E-state index contributed by atoms with van der Waals surface area (Å²) in [7, 11) is -2.66. The highest BCUT2D eigenvalue weighted by Gasteiger charge is 2.37. The van der Waals surface area contributed by atoms with Crippen molar-refractivity contribution >= 4 is 26.8 Å². The number of nitrogens with one attached hydrogen (secondary N) is 1. The van der Waals surface area contributed by atoms with E-state index < -0.39 is 27.9 Å². The lowest BCUT2D eigenvalue weighted by atomic mass is 9.81. The molecule has 148 valence electrons. The van der Waals surface area contributed by atoms with Crippen LogP contribution in [0.3, 0.4) is 0 Å². The molecule has 2 aromatic rings. The number of nitrogens with two attached hydrogens (primary N) is 1. The van der Waals surface area contributed by atoms with E-state index in [0.29, 0.717) is 10.9 Å². The maximum Gasteiger partial charge on any atom is 0.281 e. The second-order valence-corrected chi connectivity index (χ2v) is 8.63. The molecule has 1 amide bonds. The van der Waals surface area contributed by atoms with E-state index in [2.05, 4.69) is 5.10 Å². The summed E-state index contributed by atoms with van der Waals surface area (Å²) >= 11 is 0. The van der Waals surface area contributed by atoms with E-state index in [0.717, 1.165) is 0 Å². The molecule has 1 saturated carbocycles. The Labute approximate surface area is 156 Å². The van der Waals surface area contributed by atoms with Gasteiger partial charge in [0.2, 0.25) is 11.8 Å². The number of hydrogen-bond donors (Lipinski definition) is 2. The first kappa shape index (κ1) is 19.7. The number of amides is 1. The van der Waals surface area contributed by atoms with Crippen LogP contribution in [0.4, 0.5) is 8.78 Å². The lowest BCUT2D eigenvalue weighted by molar-refractivity contribution is -0.120. The van der Waals surface area contributed by atoms with Crippen molar-refractivity contribution in [1.29, 1.82) is 0 Å². The molecule has 1 aromatic heterocycles. The van der Waals surface area contributed by atoms with Crippen LogP contribution < -0.4 is 10.5 Å². The molecule has 0 spiro atoms. The van der Waals surface area contributed by atoms with E-state index in [1.54, 1.807) is 24.3 Å². The molecular weight excluding hydrogens is 378 g/mol. The first-order valence-electron chi connectivity index (χ1n) is 8.70. The minimum absolute atomic E-state index is 0.114. The van der Waals surface area contributed by atoms with Crippen molar-refractivity contribution in [3.63, 3.8) is 0 Å². The van der Waals surface area contributed by atoms with Gasteiger partial charge in [-0.1, -0.05) is 12.1 Å². The number of halogens is 2. The van der Waals surface area contributed by atoms with Crippen molar-refractivity contribution in [3.8, 4) is 0 Å². The van der Waals surface area contributed by atoms with Gasteiger partial charge in [0.15, 0.2) is 5.03 Å². The molecule has 3 rings (SSSR count). The third kappa shape index (κ3) is 4.27. The maximum atomic E-state index is 13.2. The van der Waals surface area contributed by atoms with E-state index >= 15 is 0 Å². The van der Waals surface area contributed by atoms with Crippen LogP contribution in [0.25, 0.3) is 10.9 Å². The minimum Gasteiger partial charge on any atom is -0.327 e. The summed E-state index contributed by atoms with van der Waals surface area (Å²) in [5.74, 6) is -3.66. The Morgan fingerprint density at radius 2 is 2.00 bits per heavy atom. The number of fused-ring (bicyclic) bond motifs is 1. The van der Waals surface area contributed by atoms with Crippen LogP contribution in [0.1, 0.15) is 32.1 Å². The third-order valence-electron chi connectivity index (χ3n) is 4.98. The summed E-state index contributed by atoms with van der Waals surface area (Å²) in [6, 6.07) is 6.02. The lowest BCUT2D eigenvalue weighted by Gasteiger charge is -2.31. The smallest absolute Gasteiger partial charge is 0.281 e. The number of carbonyl (C=O) groups is 1. The van der Waals surface area contributed by atoms with E-state index in [9.17, 15) is 22.0 Å². The zero-order chi connectivity index (χ0) is 19.8. The lowest BCUT2D eigenvalue weighted by Crippen LogP contribution is -2.41. The first-order chi connectivity index (χ1) is 12.6. The van der Waals surface area contributed by atoms with Gasteiger partial charge in [-0.25, -0.2) is 13.5 Å². The van der Waals surface area contributed by atoms with Gasteiger partial charge in [-0.3, -0.25) is 9.48 Å². The summed E-state index contributed by atoms with van der Waals surface area (Å²) in [4.78, 5) is 12.2. The number of aryl methyl sites for hydroxylation is 1. The fourth-order valence-electron chi connectivity index (χ4n) is 3.55. The molecule has 3 N–H and O–H groups in total. The summed E-state index contributed by atoms with van der Waals surface area (Å²) in [5.41, 5.74) is 6.47.